The van der Waals surface area contributed by atoms with E-state index in [0.717, 1.165) is 29.5 Å². The number of aromatic nitrogens is 2. The molecule has 32 heavy (non-hydrogen) atoms. The molecule has 174 valence electrons. The third kappa shape index (κ3) is 4.45. The second-order valence-corrected chi connectivity index (χ2v) is 11.1. The fourth-order valence-corrected chi connectivity index (χ4v) is 7.01. The molecule has 2 aliphatic rings. The number of nitrogens with zero attached hydrogens (tertiary/aromatic N) is 4. The summed E-state index contributed by atoms with van der Waals surface area (Å²) in [6.07, 6.45) is 2.74. The Bertz CT molecular complexity index is 1070. The first-order valence-corrected chi connectivity index (χ1v) is 12.8. The van der Waals surface area contributed by atoms with Gasteiger partial charge in [-0.05, 0) is 64.5 Å². The molecule has 0 spiro atoms. The molecule has 0 radical (unpaired) electrons. The summed E-state index contributed by atoms with van der Waals surface area (Å²) in [5.74, 6) is 1.52. The van der Waals surface area contributed by atoms with E-state index in [-0.39, 0.29) is 17.7 Å². The Morgan fingerprint density at radius 2 is 1.56 bits per heavy atom. The first-order valence-electron chi connectivity index (χ1n) is 11.3. The van der Waals surface area contributed by atoms with E-state index >= 15 is 0 Å². The molecule has 0 saturated carbocycles. The zero-order valence-corrected chi connectivity index (χ0v) is 20.1. The molecule has 0 atom stereocenters. The average molecular weight is 461 g/mol. The van der Waals surface area contributed by atoms with Crippen LogP contribution in [0, 0.1) is 33.6 Å². The third-order valence-corrected chi connectivity index (χ3v) is 8.91. The molecule has 1 aromatic heterocycles. The van der Waals surface area contributed by atoms with E-state index in [1.54, 1.807) is 11.2 Å². The van der Waals surface area contributed by atoms with Crippen molar-refractivity contribution < 1.29 is 17.7 Å². The average Bonchev–Trinajstić information content (AvgIpc) is 3.19. The second-order valence-electron chi connectivity index (χ2n) is 9.19. The van der Waals surface area contributed by atoms with Crippen molar-refractivity contribution in [1.29, 1.82) is 0 Å². The maximum atomic E-state index is 13.3. The van der Waals surface area contributed by atoms with Crippen molar-refractivity contribution >= 4 is 15.9 Å². The molecule has 1 aromatic carbocycles. The van der Waals surface area contributed by atoms with E-state index in [1.165, 1.54) is 0 Å². The van der Waals surface area contributed by atoms with Crippen molar-refractivity contribution in [3.8, 4) is 0 Å². The highest BCUT2D eigenvalue weighted by Gasteiger charge is 2.36. The number of sulfonamides is 1. The molecule has 4 rings (SSSR count). The van der Waals surface area contributed by atoms with Gasteiger partial charge in [0.15, 0.2) is 5.82 Å². The molecular weight excluding hydrogens is 428 g/mol. The van der Waals surface area contributed by atoms with Crippen molar-refractivity contribution in [2.75, 3.05) is 26.2 Å². The summed E-state index contributed by atoms with van der Waals surface area (Å²) >= 11 is 0. The van der Waals surface area contributed by atoms with Crippen LogP contribution >= 0.6 is 0 Å². The summed E-state index contributed by atoms with van der Waals surface area (Å²) in [5, 5.41) is 3.86. The van der Waals surface area contributed by atoms with Crippen LogP contribution in [0.2, 0.25) is 0 Å². The summed E-state index contributed by atoms with van der Waals surface area (Å²) in [6, 6.07) is 3.82. The van der Waals surface area contributed by atoms with Crippen LogP contribution in [0.1, 0.15) is 60.0 Å². The van der Waals surface area contributed by atoms with E-state index in [1.807, 2.05) is 37.8 Å². The fraction of sp³-hybridized carbons (Fsp3) is 0.609. The molecule has 0 unspecified atom stereocenters. The third-order valence-electron chi connectivity index (χ3n) is 6.70. The van der Waals surface area contributed by atoms with Crippen LogP contribution in [0.3, 0.4) is 0 Å². The van der Waals surface area contributed by atoms with Crippen molar-refractivity contribution in [1.82, 2.24) is 19.3 Å². The van der Waals surface area contributed by atoms with Crippen LogP contribution in [0.15, 0.2) is 21.6 Å². The zero-order chi connectivity index (χ0) is 23.0. The van der Waals surface area contributed by atoms with Gasteiger partial charge in [0, 0.05) is 38.0 Å². The monoisotopic (exact) mass is 460 g/mol. The number of rotatable bonds is 4. The van der Waals surface area contributed by atoms with Crippen LogP contribution in [0.5, 0.6) is 0 Å². The first kappa shape index (κ1) is 22.9. The Labute approximate surface area is 190 Å². The van der Waals surface area contributed by atoms with Crippen LogP contribution < -0.4 is 0 Å². The highest BCUT2D eigenvalue weighted by molar-refractivity contribution is 7.89. The summed E-state index contributed by atoms with van der Waals surface area (Å²) in [7, 11) is -3.56. The molecule has 2 fully saturated rings. The fourth-order valence-electron chi connectivity index (χ4n) is 5.13. The molecule has 0 aliphatic carbocycles. The number of aryl methyl sites for hydroxylation is 4. The lowest BCUT2D eigenvalue weighted by Crippen LogP contribution is -2.46. The number of piperidine rings is 2. The maximum absolute atomic E-state index is 13.3. The quantitative estimate of drug-likeness (QED) is 0.696. The van der Waals surface area contributed by atoms with E-state index in [4.69, 9.17) is 4.52 Å². The molecule has 2 saturated heterocycles. The largest absolute Gasteiger partial charge is 0.342 e. The van der Waals surface area contributed by atoms with Gasteiger partial charge in [0.2, 0.25) is 21.8 Å². The lowest BCUT2D eigenvalue weighted by Gasteiger charge is -2.36. The van der Waals surface area contributed by atoms with Crippen LogP contribution in [-0.4, -0.2) is 59.8 Å². The van der Waals surface area contributed by atoms with Gasteiger partial charge in [-0.1, -0.05) is 22.9 Å². The van der Waals surface area contributed by atoms with Crippen molar-refractivity contribution in [2.45, 2.75) is 64.2 Å². The maximum Gasteiger partial charge on any atom is 0.243 e. The van der Waals surface area contributed by atoms with E-state index in [0.29, 0.717) is 55.6 Å². The Morgan fingerprint density at radius 3 is 2.09 bits per heavy atom. The molecule has 0 bridgehead atoms. The second kappa shape index (κ2) is 8.94. The Hall–Kier alpha value is -2.26. The molecule has 9 heteroatoms. The van der Waals surface area contributed by atoms with Crippen LogP contribution in [-0.2, 0) is 14.8 Å². The predicted octanol–water partition coefficient (Wildman–Crippen LogP) is 3.11. The van der Waals surface area contributed by atoms with Gasteiger partial charge in [-0.15, -0.1) is 0 Å². The Kier molecular flexibility index (Phi) is 6.40. The molecule has 2 aliphatic heterocycles. The van der Waals surface area contributed by atoms with Gasteiger partial charge < -0.3 is 9.42 Å². The lowest BCUT2D eigenvalue weighted by atomic mass is 9.92. The van der Waals surface area contributed by atoms with Crippen LogP contribution in [0.25, 0.3) is 0 Å². The SMILES string of the molecule is Cc1cc(C)c(S(=O)(=O)N2CCC(C(=O)N3CCC(c4nc(C)no4)CC3)CC2)c(C)c1. The number of benzene rings is 1. The van der Waals surface area contributed by atoms with Crippen molar-refractivity contribution in [3.05, 3.63) is 40.5 Å². The minimum absolute atomic E-state index is 0.121. The Balaban J connectivity index is 1.35. The number of amides is 1. The highest BCUT2D eigenvalue weighted by atomic mass is 32.2. The molecule has 1 amide bonds. The van der Waals surface area contributed by atoms with E-state index in [9.17, 15) is 13.2 Å². The number of carbonyl (C=O) groups is 1. The zero-order valence-electron chi connectivity index (χ0n) is 19.3. The molecule has 2 aromatic rings. The lowest BCUT2D eigenvalue weighted by molar-refractivity contribution is -0.137. The van der Waals surface area contributed by atoms with Crippen molar-refractivity contribution in [3.63, 3.8) is 0 Å². The normalized spacial score (nSPS) is 19.4. The first-order chi connectivity index (χ1) is 15.2. The summed E-state index contributed by atoms with van der Waals surface area (Å²) in [6.45, 7) is 9.58. The van der Waals surface area contributed by atoms with Gasteiger partial charge in [-0.25, -0.2) is 8.42 Å². The minimum atomic E-state index is -3.56. The highest BCUT2D eigenvalue weighted by Crippen LogP contribution is 2.31. The topological polar surface area (TPSA) is 96.6 Å². The van der Waals surface area contributed by atoms with Gasteiger partial charge in [-0.2, -0.15) is 9.29 Å². The molecule has 0 N–H and O–H groups in total. The van der Waals surface area contributed by atoms with Gasteiger partial charge in [0.05, 0.1) is 4.90 Å². The van der Waals surface area contributed by atoms with Gasteiger partial charge >= 0.3 is 0 Å². The summed E-state index contributed by atoms with van der Waals surface area (Å²) < 4.78 is 33.4. The van der Waals surface area contributed by atoms with Gasteiger partial charge in [0.1, 0.15) is 0 Å². The molecule has 8 nitrogen and oxygen atoms in total. The number of carbonyl (C=O) groups excluding carboxylic acids is 1. The summed E-state index contributed by atoms with van der Waals surface area (Å²) in [5.41, 5.74) is 2.61. The van der Waals surface area contributed by atoms with Crippen molar-refractivity contribution in [2.24, 2.45) is 5.92 Å². The number of likely N-dealkylation sites (tertiary alicyclic amines) is 1. The number of hydrogen-bond donors (Lipinski definition) is 0. The number of hydrogen-bond acceptors (Lipinski definition) is 6. The van der Waals surface area contributed by atoms with Crippen LogP contribution in [0.4, 0.5) is 0 Å². The minimum Gasteiger partial charge on any atom is -0.342 e. The Morgan fingerprint density at radius 1 is 0.969 bits per heavy atom. The van der Waals surface area contributed by atoms with E-state index in [2.05, 4.69) is 10.1 Å². The summed E-state index contributed by atoms with van der Waals surface area (Å²) in [4.78, 5) is 19.7. The molecule has 3 heterocycles. The smallest absolute Gasteiger partial charge is 0.243 e. The molecular formula is C23H32N4O4S. The van der Waals surface area contributed by atoms with Gasteiger partial charge in [-0.3, -0.25) is 4.79 Å². The van der Waals surface area contributed by atoms with Gasteiger partial charge in [0.25, 0.3) is 0 Å². The standard InChI is InChI=1S/C23H32N4O4S/c1-15-13-16(2)21(17(3)14-15)32(29,30)27-11-7-20(8-12-27)23(28)26-9-5-19(6-10-26)22-24-18(4)25-31-22/h13-14,19-20H,5-12H2,1-4H3. The van der Waals surface area contributed by atoms with E-state index < -0.39 is 10.0 Å². The predicted molar refractivity (Wildman–Crippen MR) is 120 cm³/mol.